The summed E-state index contributed by atoms with van der Waals surface area (Å²) in [6.45, 7) is 7.12. The van der Waals surface area contributed by atoms with Crippen LogP contribution in [0.15, 0.2) is 52.9 Å². The molecule has 1 aliphatic carbocycles. The van der Waals surface area contributed by atoms with Gasteiger partial charge in [-0.15, -0.1) is 0 Å². The topological polar surface area (TPSA) is 22.4 Å². The van der Waals surface area contributed by atoms with Gasteiger partial charge in [-0.3, -0.25) is 0 Å². The molecule has 4 aromatic rings. The number of alkyl halides is 6. The summed E-state index contributed by atoms with van der Waals surface area (Å²) < 4.78 is 102. The van der Waals surface area contributed by atoms with Crippen LogP contribution < -0.4 is 0 Å². The van der Waals surface area contributed by atoms with E-state index < -0.39 is 35.0 Å². The van der Waals surface area contributed by atoms with Crippen molar-refractivity contribution in [2.24, 2.45) is 0 Å². The lowest BCUT2D eigenvalue weighted by Crippen LogP contribution is -2.06. The first-order valence-electron chi connectivity index (χ1n) is 10.5. The zero-order chi connectivity index (χ0) is 25.1. The van der Waals surface area contributed by atoms with E-state index in [4.69, 9.17) is 11.0 Å². The third-order valence-corrected chi connectivity index (χ3v) is 6.03. The molecule has 0 atom stereocenters. The molecule has 0 radical (unpaired) electrons. The lowest BCUT2D eigenvalue weighted by Gasteiger charge is -2.12. The molecule has 0 N–H and O–H groups in total. The molecule has 10 heteroatoms. The van der Waals surface area contributed by atoms with E-state index >= 15 is 0 Å². The van der Waals surface area contributed by atoms with Crippen molar-refractivity contribution in [2.75, 3.05) is 0 Å². The van der Waals surface area contributed by atoms with Gasteiger partial charge in [-0.2, -0.15) is 26.3 Å². The normalized spacial score (nSPS) is 14.5. The molecule has 1 fully saturated rings. The molecule has 0 bridgehead atoms. The van der Waals surface area contributed by atoms with Gasteiger partial charge in [0, 0.05) is 16.6 Å². The van der Waals surface area contributed by atoms with Crippen molar-refractivity contribution in [2.45, 2.75) is 37.7 Å². The predicted molar refractivity (Wildman–Crippen MR) is 113 cm³/mol. The molecule has 0 spiro atoms. The number of hydrogen-bond acceptors (Lipinski definition) is 1. The van der Waals surface area contributed by atoms with Crippen LogP contribution in [0.4, 0.5) is 36.4 Å². The average Bonchev–Trinajstić information content (AvgIpc) is 3.42. The molecule has 2 heterocycles. The summed E-state index contributed by atoms with van der Waals surface area (Å²) in [5, 5.41) is -0.0939. The third kappa shape index (κ3) is 4.16. The molecule has 5 rings (SSSR count). The molecule has 0 saturated heterocycles. The van der Waals surface area contributed by atoms with E-state index in [-0.39, 0.29) is 40.4 Å². The highest BCUT2D eigenvalue weighted by molar-refractivity contribution is 5.90. The van der Waals surface area contributed by atoms with Gasteiger partial charge in [0.25, 0.3) is 0 Å². The van der Waals surface area contributed by atoms with Crippen LogP contribution in [0.25, 0.3) is 27.1 Å². The highest BCUT2D eigenvalue weighted by Crippen LogP contribution is 2.47. The highest BCUT2D eigenvalue weighted by atomic mass is 19.4. The fourth-order valence-electron chi connectivity index (χ4n) is 4.28. The maximum atomic E-state index is 14.3. The second-order valence-corrected chi connectivity index (χ2v) is 8.39. The number of fused-ring (bicyclic) bond motifs is 1. The molecule has 35 heavy (non-hydrogen) atoms. The lowest BCUT2D eigenvalue weighted by atomic mass is 10.1. The smallest absolute Gasteiger partial charge is 0.416 e. The molecule has 2 aromatic heterocycles. The van der Waals surface area contributed by atoms with Crippen LogP contribution in [0.5, 0.6) is 0 Å². The minimum absolute atomic E-state index is 0.00935. The maximum absolute atomic E-state index is 14.3. The largest absolute Gasteiger partial charge is 0.459 e. The Morgan fingerprint density at radius 2 is 1.69 bits per heavy atom. The zero-order valence-electron chi connectivity index (χ0n) is 17.8. The van der Waals surface area contributed by atoms with Gasteiger partial charge in [-0.1, -0.05) is 6.07 Å². The van der Waals surface area contributed by atoms with Gasteiger partial charge in [0.05, 0.1) is 29.8 Å². The van der Waals surface area contributed by atoms with Crippen LogP contribution in [-0.2, 0) is 18.9 Å². The molecular weight excluding hydrogens is 477 g/mol. The van der Waals surface area contributed by atoms with Crippen LogP contribution in [-0.4, -0.2) is 4.57 Å². The van der Waals surface area contributed by atoms with E-state index in [2.05, 4.69) is 4.85 Å². The first kappa shape index (κ1) is 23.0. The standard InChI is InChI=1S/C25H15F7N2O/c1-33-19-7-8-20-17(23(19)25(30,31)32)11-21(13-2-3-13)34(20)12-15-5-9-22(35-15)16-10-14(24(27,28)29)4-6-18(16)26/h4-11,13H,2-3,12H2. The van der Waals surface area contributed by atoms with Gasteiger partial charge < -0.3 is 8.98 Å². The van der Waals surface area contributed by atoms with E-state index in [1.54, 1.807) is 4.57 Å². The van der Waals surface area contributed by atoms with Gasteiger partial charge in [0.1, 0.15) is 17.3 Å². The zero-order valence-corrected chi connectivity index (χ0v) is 17.8. The molecule has 1 aliphatic rings. The monoisotopic (exact) mass is 492 g/mol. The Bertz CT molecular complexity index is 1480. The fourth-order valence-corrected chi connectivity index (χ4v) is 4.28. The molecule has 0 aliphatic heterocycles. The summed E-state index contributed by atoms with van der Waals surface area (Å²) >= 11 is 0. The molecule has 180 valence electrons. The Labute approximate surface area is 194 Å². The van der Waals surface area contributed by atoms with Crippen LogP contribution >= 0.6 is 0 Å². The number of nitrogens with zero attached hydrogens (tertiary/aromatic N) is 2. The Balaban J connectivity index is 1.58. The highest BCUT2D eigenvalue weighted by Gasteiger charge is 2.38. The first-order valence-corrected chi connectivity index (χ1v) is 10.5. The Morgan fingerprint density at radius 1 is 0.943 bits per heavy atom. The molecule has 0 unspecified atom stereocenters. The summed E-state index contributed by atoms with van der Waals surface area (Å²) in [4.78, 5) is 3.03. The van der Waals surface area contributed by atoms with Crippen molar-refractivity contribution in [1.82, 2.24) is 4.57 Å². The minimum atomic E-state index is -4.73. The summed E-state index contributed by atoms with van der Waals surface area (Å²) in [7, 11) is 0. The number of benzene rings is 2. The summed E-state index contributed by atoms with van der Waals surface area (Å²) in [5.74, 6) is -0.737. The molecular formula is C25H15F7N2O. The summed E-state index contributed by atoms with van der Waals surface area (Å²) in [6, 6.07) is 8.78. The van der Waals surface area contributed by atoms with Crippen molar-refractivity contribution in [1.29, 1.82) is 0 Å². The second kappa shape index (κ2) is 7.90. The lowest BCUT2D eigenvalue weighted by molar-refractivity contribution is -0.137. The SMILES string of the molecule is [C-]#[N+]c1ccc2c(cc(C3CC3)n2Cc2ccc(-c3cc(C(F)(F)F)ccc3F)o2)c1C(F)(F)F. The van der Waals surface area contributed by atoms with Gasteiger partial charge in [0.15, 0.2) is 5.69 Å². The summed E-state index contributed by atoms with van der Waals surface area (Å²) in [5.41, 5.74) is -1.99. The fraction of sp³-hybridized carbons (Fsp3) is 0.240. The van der Waals surface area contributed by atoms with Crippen LogP contribution in [0.3, 0.4) is 0 Å². The number of hydrogen-bond donors (Lipinski definition) is 0. The van der Waals surface area contributed by atoms with Crippen molar-refractivity contribution in [3.63, 3.8) is 0 Å². The number of aromatic nitrogens is 1. The van der Waals surface area contributed by atoms with Gasteiger partial charge >= 0.3 is 12.4 Å². The number of halogens is 7. The van der Waals surface area contributed by atoms with Gasteiger partial charge in [-0.25, -0.2) is 9.24 Å². The Hall–Kier alpha value is -3.74. The van der Waals surface area contributed by atoms with Gasteiger partial charge in [0.2, 0.25) is 0 Å². The molecule has 0 amide bonds. The first-order chi connectivity index (χ1) is 16.5. The van der Waals surface area contributed by atoms with E-state index in [9.17, 15) is 30.7 Å². The van der Waals surface area contributed by atoms with E-state index in [1.807, 2.05) is 0 Å². The van der Waals surface area contributed by atoms with Crippen molar-refractivity contribution >= 4 is 16.6 Å². The number of rotatable bonds is 4. The third-order valence-electron chi connectivity index (χ3n) is 6.03. The number of furan rings is 1. The van der Waals surface area contributed by atoms with E-state index in [0.29, 0.717) is 23.9 Å². The quantitative estimate of drug-likeness (QED) is 0.207. The molecule has 2 aromatic carbocycles. The second-order valence-electron chi connectivity index (χ2n) is 8.39. The Kier molecular flexibility index (Phi) is 5.20. The minimum Gasteiger partial charge on any atom is -0.459 e. The van der Waals surface area contributed by atoms with Crippen LogP contribution in [0.1, 0.15) is 41.3 Å². The van der Waals surface area contributed by atoms with Crippen molar-refractivity contribution < 1.29 is 35.2 Å². The van der Waals surface area contributed by atoms with E-state index in [1.165, 1.54) is 24.3 Å². The van der Waals surface area contributed by atoms with Gasteiger partial charge in [-0.05, 0) is 61.2 Å². The average molecular weight is 492 g/mol. The Morgan fingerprint density at radius 3 is 2.31 bits per heavy atom. The predicted octanol–water partition coefficient (Wildman–Crippen LogP) is 8.55. The van der Waals surface area contributed by atoms with Crippen LogP contribution in [0, 0.1) is 12.4 Å². The molecule has 1 saturated carbocycles. The maximum Gasteiger partial charge on any atom is 0.416 e. The van der Waals surface area contributed by atoms with Crippen molar-refractivity contribution in [3.05, 3.63) is 88.3 Å². The summed E-state index contributed by atoms with van der Waals surface area (Å²) in [6.07, 6.45) is -7.80. The van der Waals surface area contributed by atoms with E-state index in [0.717, 1.165) is 18.9 Å². The molecule has 3 nitrogen and oxygen atoms in total. The van der Waals surface area contributed by atoms with Crippen LogP contribution in [0.2, 0.25) is 0 Å². The van der Waals surface area contributed by atoms with Crippen molar-refractivity contribution in [3.8, 4) is 11.3 Å².